The van der Waals surface area contributed by atoms with Crippen molar-refractivity contribution in [2.24, 2.45) is 5.92 Å². The second kappa shape index (κ2) is 13.6. The minimum atomic E-state index is -0.661. The van der Waals surface area contributed by atoms with Crippen molar-refractivity contribution < 1.29 is 18.8 Å². The van der Waals surface area contributed by atoms with Crippen molar-refractivity contribution in [2.75, 3.05) is 37.2 Å². The first-order chi connectivity index (χ1) is 25.6. The van der Waals surface area contributed by atoms with Crippen molar-refractivity contribution in [1.29, 1.82) is 0 Å². The molecule has 3 aliphatic rings. The first-order valence-corrected chi connectivity index (χ1v) is 18.1. The van der Waals surface area contributed by atoms with Crippen molar-refractivity contribution in [2.45, 2.75) is 57.9 Å². The van der Waals surface area contributed by atoms with Crippen LogP contribution in [0.2, 0.25) is 0 Å². The third-order valence-corrected chi connectivity index (χ3v) is 10.5. The molecule has 5 aromatic rings. The first kappa shape index (κ1) is 34.2. The number of pyridine rings is 1. The predicted octanol–water partition coefficient (Wildman–Crippen LogP) is 5.16. The van der Waals surface area contributed by atoms with Crippen LogP contribution in [0.4, 0.5) is 15.9 Å². The summed E-state index contributed by atoms with van der Waals surface area (Å²) in [6.07, 6.45) is 5.42. The van der Waals surface area contributed by atoms with Crippen LogP contribution in [0, 0.1) is 11.7 Å². The normalized spacial score (nSPS) is 16.2. The summed E-state index contributed by atoms with van der Waals surface area (Å²) in [4.78, 5) is 66.6. The van der Waals surface area contributed by atoms with E-state index in [4.69, 9.17) is 10.8 Å². The Kier molecular flexibility index (Phi) is 8.75. The molecule has 8 rings (SSSR count). The van der Waals surface area contributed by atoms with Gasteiger partial charge in [0, 0.05) is 49.0 Å². The number of hydrogen-bond acceptors (Lipinski definition) is 8. The van der Waals surface area contributed by atoms with E-state index in [0.717, 1.165) is 37.7 Å². The molecule has 53 heavy (non-hydrogen) atoms. The van der Waals surface area contributed by atoms with Gasteiger partial charge >= 0.3 is 0 Å². The maximum atomic E-state index is 14.1. The molecule has 2 aliphatic heterocycles. The van der Waals surface area contributed by atoms with Crippen LogP contribution < -0.4 is 16.6 Å². The van der Waals surface area contributed by atoms with Gasteiger partial charge in [-0.15, -0.1) is 0 Å². The number of amides is 3. The quantitative estimate of drug-likeness (QED) is 0.223. The maximum Gasteiger partial charge on any atom is 0.271 e. The molecule has 1 saturated carbocycles. The first-order valence-electron chi connectivity index (χ1n) is 18.1. The molecule has 3 fully saturated rings. The lowest BCUT2D eigenvalue weighted by molar-refractivity contribution is -0.135. The lowest BCUT2D eigenvalue weighted by Crippen LogP contribution is -2.45. The van der Waals surface area contributed by atoms with Gasteiger partial charge in [0.2, 0.25) is 5.91 Å². The van der Waals surface area contributed by atoms with Gasteiger partial charge in [0.15, 0.2) is 5.65 Å². The van der Waals surface area contributed by atoms with E-state index >= 15 is 0 Å². The number of halogens is 1. The van der Waals surface area contributed by atoms with E-state index in [9.17, 15) is 23.6 Å². The number of fused-ring (bicyclic) bond motifs is 1. The van der Waals surface area contributed by atoms with Crippen LogP contribution in [0.15, 0.2) is 65.7 Å². The summed E-state index contributed by atoms with van der Waals surface area (Å²) in [5.41, 5.74) is 9.15. The van der Waals surface area contributed by atoms with E-state index in [1.807, 2.05) is 23.4 Å². The van der Waals surface area contributed by atoms with Gasteiger partial charge in [-0.1, -0.05) is 26.0 Å². The average molecular weight is 718 g/mol. The fraction of sp³-hybridized carbons (Fsp3) is 0.359. The number of nitrogen functional groups attached to an aromatic ring is 1. The Morgan fingerprint density at radius 3 is 2.23 bits per heavy atom. The molecule has 1 aliphatic carbocycles. The second-order valence-electron chi connectivity index (χ2n) is 14.4. The van der Waals surface area contributed by atoms with E-state index in [1.54, 1.807) is 35.2 Å². The Morgan fingerprint density at radius 1 is 0.906 bits per heavy atom. The second-order valence-corrected chi connectivity index (χ2v) is 14.4. The highest BCUT2D eigenvalue weighted by molar-refractivity contribution is 6.05. The Bertz CT molecular complexity index is 2300. The van der Waals surface area contributed by atoms with Gasteiger partial charge in [-0.05, 0) is 86.1 Å². The summed E-state index contributed by atoms with van der Waals surface area (Å²) < 4.78 is 17.1. The number of aromatic nitrogens is 5. The Morgan fingerprint density at radius 2 is 1.60 bits per heavy atom. The number of piperidine rings is 1. The highest BCUT2D eigenvalue weighted by Gasteiger charge is 2.36. The van der Waals surface area contributed by atoms with E-state index in [2.05, 4.69) is 15.3 Å². The zero-order valence-corrected chi connectivity index (χ0v) is 29.6. The highest BCUT2D eigenvalue weighted by Crippen LogP contribution is 2.43. The van der Waals surface area contributed by atoms with Crippen molar-refractivity contribution in [3.63, 3.8) is 0 Å². The molecule has 0 bridgehead atoms. The van der Waals surface area contributed by atoms with Crippen LogP contribution in [-0.2, 0) is 4.79 Å². The van der Waals surface area contributed by atoms with E-state index in [1.165, 1.54) is 35.2 Å². The summed E-state index contributed by atoms with van der Waals surface area (Å²) in [5.74, 6) is -0.962. The molecule has 0 unspecified atom stereocenters. The van der Waals surface area contributed by atoms with Crippen LogP contribution in [0.3, 0.4) is 0 Å². The number of rotatable bonds is 8. The molecule has 0 radical (unpaired) electrons. The van der Waals surface area contributed by atoms with Gasteiger partial charge in [0.1, 0.15) is 34.9 Å². The summed E-state index contributed by atoms with van der Waals surface area (Å²) in [7, 11) is 0. The van der Waals surface area contributed by atoms with E-state index in [-0.39, 0.29) is 40.9 Å². The van der Waals surface area contributed by atoms with Gasteiger partial charge < -0.3 is 20.9 Å². The van der Waals surface area contributed by atoms with Gasteiger partial charge in [-0.25, -0.2) is 19.0 Å². The molecule has 272 valence electrons. The van der Waals surface area contributed by atoms with Crippen LogP contribution in [0.1, 0.15) is 84.3 Å². The number of hydrogen-bond donors (Lipinski definition) is 2. The van der Waals surface area contributed by atoms with Crippen molar-refractivity contribution in [3.8, 4) is 16.9 Å². The molecule has 2 aromatic carbocycles. The molecular weight excluding hydrogens is 677 g/mol. The molecule has 3 N–H and O–H groups in total. The molecule has 2 saturated heterocycles. The van der Waals surface area contributed by atoms with Gasteiger partial charge in [0.05, 0.1) is 11.4 Å². The van der Waals surface area contributed by atoms with E-state index < -0.39 is 17.3 Å². The minimum absolute atomic E-state index is 0.0161. The molecule has 3 amide bonds. The molecule has 5 heterocycles. The van der Waals surface area contributed by atoms with Crippen molar-refractivity contribution in [3.05, 3.63) is 93.9 Å². The standard InChI is InChI=1S/C39H40FN9O4/c1-22(2)37(51)47-18-14-28(15-19-47)49-35-31(34(41)42-21-43-35)32(45-49)24-6-10-26(11-7-24)44-36(50)30-20-29(23-4-5-23)33(39(53)46-16-3-17-46)48(38(30)52)27-12-8-25(40)9-13-27/h6-13,20-23,28H,3-5,14-19H2,1-2H3,(H,44,50)(H2,41,42,43). The number of carbonyl (C=O) groups excluding carboxylic acids is 3. The average Bonchev–Trinajstić information content (AvgIpc) is 3.91. The van der Waals surface area contributed by atoms with Crippen LogP contribution in [0.25, 0.3) is 28.0 Å². The number of nitrogens with two attached hydrogens (primary N) is 1. The number of nitrogens with zero attached hydrogens (tertiary/aromatic N) is 7. The smallest absolute Gasteiger partial charge is 0.271 e. The largest absolute Gasteiger partial charge is 0.383 e. The fourth-order valence-corrected chi connectivity index (χ4v) is 7.29. The summed E-state index contributed by atoms with van der Waals surface area (Å²) in [6, 6.07) is 14.0. The molecule has 0 spiro atoms. The summed E-state index contributed by atoms with van der Waals surface area (Å²) in [5, 5.41) is 8.44. The fourth-order valence-electron chi connectivity index (χ4n) is 7.29. The number of nitrogens with one attached hydrogen (secondary N) is 1. The number of likely N-dealkylation sites (tertiary alicyclic amines) is 2. The molecular formula is C39H40FN9O4. The number of anilines is 2. The lowest BCUT2D eigenvalue weighted by Gasteiger charge is -2.33. The minimum Gasteiger partial charge on any atom is -0.383 e. The zero-order valence-electron chi connectivity index (χ0n) is 29.6. The zero-order chi connectivity index (χ0) is 37.0. The molecule has 3 aromatic heterocycles. The predicted molar refractivity (Wildman–Crippen MR) is 197 cm³/mol. The van der Waals surface area contributed by atoms with Gasteiger partial charge in [-0.3, -0.25) is 23.7 Å². The highest BCUT2D eigenvalue weighted by atomic mass is 19.1. The van der Waals surface area contributed by atoms with E-state index in [0.29, 0.717) is 65.7 Å². The van der Waals surface area contributed by atoms with Crippen molar-refractivity contribution in [1.82, 2.24) is 34.1 Å². The van der Waals surface area contributed by atoms with Gasteiger partial charge in [-0.2, -0.15) is 5.10 Å². The van der Waals surface area contributed by atoms with Crippen LogP contribution >= 0.6 is 0 Å². The third kappa shape index (κ3) is 6.31. The topological polar surface area (TPSA) is 161 Å². The van der Waals surface area contributed by atoms with Gasteiger partial charge in [0.25, 0.3) is 17.4 Å². The molecule has 13 nitrogen and oxygen atoms in total. The Labute approximate surface area is 304 Å². The van der Waals surface area contributed by atoms with Crippen LogP contribution in [-0.4, -0.2) is 78.0 Å². The summed E-state index contributed by atoms with van der Waals surface area (Å²) in [6.45, 7) is 6.25. The number of carbonyl (C=O) groups is 3. The SMILES string of the molecule is CC(C)C(=O)N1CCC(n2nc(-c3ccc(NC(=O)c4cc(C5CC5)c(C(=O)N5CCC5)n(-c5ccc(F)cc5)c4=O)cc3)c3c(N)ncnc32)CC1. The Hall–Kier alpha value is -5.92. The monoisotopic (exact) mass is 717 g/mol. The summed E-state index contributed by atoms with van der Waals surface area (Å²) >= 11 is 0. The lowest BCUT2D eigenvalue weighted by atomic mass is 10.0. The van der Waals surface area contributed by atoms with Crippen molar-refractivity contribution >= 4 is 40.3 Å². The third-order valence-electron chi connectivity index (χ3n) is 10.5. The molecule has 0 atom stereocenters. The molecule has 14 heteroatoms. The Balaban J connectivity index is 1.09. The number of benzene rings is 2. The van der Waals surface area contributed by atoms with Crippen LogP contribution in [0.5, 0.6) is 0 Å². The maximum absolute atomic E-state index is 14.1.